The predicted molar refractivity (Wildman–Crippen MR) is 64.3 cm³/mol. The zero-order valence-corrected chi connectivity index (χ0v) is 10.5. The molecule has 6 heteroatoms. The molecule has 1 heterocycles. The molecule has 16 heavy (non-hydrogen) atoms. The van der Waals surface area contributed by atoms with Gasteiger partial charge in [-0.15, -0.1) is 0 Å². The number of carbonyl (C=O) groups is 1. The maximum Gasteiger partial charge on any atom is 0.320 e. The smallest absolute Gasteiger partial charge is 0.320 e. The number of nitrogens with one attached hydrogen (secondary N) is 2. The molecule has 0 atom stereocenters. The fourth-order valence-electron chi connectivity index (χ4n) is 1.09. The van der Waals surface area contributed by atoms with Crippen LogP contribution < -0.4 is 10.6 Å². The van der Waals surface area contributed by atoms with E-state index in [0.29, 0.717) is 18.8 Å². The molecule has 4 nitrogen and oxygen atoms in total. The molecule has 2 N–H and O–H groups in total. The normalized spacial score (nSPS) is 9.94. The van der Waals surface area contributed by atoms with Gasteiger partial charge in [0.2, 0.25) is 0 Å². The van der Waals surface area contributed by atoms with Gasteiger partial charge in [0.05, 0.1) is 6.67 Å². The van der Waals surface area contributed by atoms with Gasteiger partial charge in [-0.3, -0.25) is 9.71 Å². The third kappa shape index (κ3) is 4.14. The highest BCUT2D eigenvalue weighted by molar-refractivity contribution is 9.10. The first kappa shape index (κ1) is 12.9. The van der Waals surface area contributed by atoms with E-state index in [9.17, 15) is 9.18 Å². The predicted octanol–water partition coefficient (Wildman–Crippen LogP) is 2.63. The quantitative estimate of drug-likeness (QED) is 0.838. The van der Waals surface area contributed by atoms with E-state index in [-0.39, 0.29) is 6.03 Å². The first-order valence-electron chi connectivity index (χ1n) is 4.86. The number of nitrogens with zero attached hydrogens (tertiary/aromatic N) is 1. The Balaban J connectivity index is 2.49. The summed E-state index contributed by atoms with van der Waals surface area (Å²) < 4.78 is 12.6. The van der Waals surface area contributed by atoms with Crippen molar-refractivity contribution in [3.8, 4) is 0 Å². The van der Waals surface area contributed by atoms with Crippen molar-refractivity contribution >= 4 is 27.8 Å². The molecule has 1 rings (SSSR count). The van der Waals surface area contributed by atoms with Gasteiger partial charge in [0.15, 0.2) is 0 Å². The van der Waals surface area contributed by atoms with Gasteiger partial charge >= 0.3 is 6.03 Å². The van der Waals surface area contributed by atoms with Gasteiger partial charge in [-0.2, -0.15) is 0 Å². The second-order valence-corrected chi connectivity index (χ2v) is 4.16. The van der Waals surface area contributed by atoms with E-state index in [1.165, 1.54) is 0 Å². The summed E-state index contributed by atoms with van der Waals surface area (Å²) in [5.74, 6) is 0.501. The molecule has 0 saturated heterocycles. The maximum atomic E-state index is 11.8. The lowest BCUT2D eigenvalue weighted by molar-refractivity contribution is 0.251. The fraction of sp³-hybridized carbons (Fsp3) is 0.400. The monoisotopic (exact) mass is 289 g/mol. The molecule has 1 aromatic rings. The molecular formula is C10H13BrFN3O. The van der Waals surface area contributed by atoms with Crippen molar-refractivity contribution in [3.63, 3.8) is 0 Å². The molecule has 1 aromatic heterocycles. The standard InChI is InChI=1S/C10H13BrFN3O/c1-7-5-8(11)6-14-9(7)15-10(16)13-4-2-3-12/h5-6H,2-4H2,1H3,(H2,13,14,15,16). The van der Waals surface area contributed by atoms with Gasteiger partial charge in [0, 0.05) is 17.2 Å². The molecule has 0 aliphatic heterocycles. The number of aryl methyl sites for hydroxylation is 1. The molecule has 0 fully saturated rings. The van der Waals surface area contributed by atoms with Gasteiger partial charge < -0.3 is 5.32 Å². The van der Waals surface area contributed by atoms with Crippen LogP contribution in [0.3, 0.4) is 0 Å². The molecule has 0 bridgehead atoms. The van der Waals surface area contributed by atoms with Gasteiger partial charge in [-0.1, -0.05) is 0 Å². The molecule has 0 unspecified atom stereocenters. The van der Waals surface area contributed by atoms with E-state index in [0.717, 1.165) is 10.0 Å². The highest BCUT2D eigenvalue weighted by atomic mass is 79.9. The number of hydrogen-bond acceptors (Lipinski definition) is 2. The molecule has 0 aromatic carbocycles. The number of alkyl halides is 1. The van der Waals surface area contributed by atoms with Crippen molar-refractivity contribution in [1.82, 2.24) is 10.3 Å². The Morgan fingerprint density at radius 3 is 3.00 bits per heavy atom. The highest BCUT2D eigenvalue weighted by Crippen LogP contribution is 2.16. The molecule has 2 amide bonds. The minimum atomic E-state index is -0.435. The topological polar surface area (TPSA) is 54.0 Å². The summed E-state index contributed by atoms with van der Waals surface area (Å²) in [5, 5.41) is 5.12. The number of aromatic nitrogens is 1. The average molecular weight is 290 g/mol. The number of rotatable bonds is 4. The second kappa shape index (κ2) is 6.42. The molecular weight excluding hydrogens is 277 g/mol. The number of carbonyl (C=O) groups excluding carboxylic acids is 1. The third-order valence-electron chi connectivity index (χ3n) is 1.87. The largest absolute Gasteiger partial charge is 0.338 e. The van der Waals surface area contributed by atoms with Crippen LogP contribution in [0.1, 0.15) is 12.0 Å². The van der Waals surface area contributed by atoms with Crippen LogP contribution in [0.25, 0.3) is 0 Å². The minimum Gasteiger partial charge on any atom is -0.338 e. The van der Waals surface area contributed by atoms with Crippen LogP contribution in [0, 0.1) is 6.92 Å². The summed E-state index contributed by atoms with van der Waals surface area (Å²) in [6, 6.07) is 1.48. The Morgan fingerprint density at radius 1 is 1.62 bits per heavy atom. The van der Waals surface area contributed by atoms with Crippen LogP contribution in [0.5, 0.6) is 0 Å². The summed E-state index contributed by atoms with van der Waals surface area (Å²) >= 11 is 3.28. The number of amides is 2. The first-order valence-corrected chi connectivity index (χ1v) is 5.65. The minimum absolute atomic E-state index is 0.317. The van der Waals surface area contributed by atoms with Crippen molar-refractivity contribution in [1.29, 1.82) is 0 Å². The average Bonchev–Trinajstić information content (AvgIpc) is 2.23. The zero-order valence-electron chi connectivity index (χ0n) is 8.89. The maximum absolute atomic E-state index is 11.8. The summed E-state index contributed by atoms with van der Waals surface area (Å²) in [4.78, 5) is 15.4. The second-order valence-electron chi connectivity index (χ2n) is 3.24. The molecule has 0 spiro atoms. The van der Waals surface area contributed by atoms with E-state index in [4.69, 9.17) is 0 Å². The Morgan fingerprint density at radius 2 is 2.38 bits per heavy atom. The van der Waals surface area contributed by atoms with Crippen molar-refractivity contribution in [2.24, 2.45) is 0 Å². The Kier molecular flexibility index (Phi) is 5.18. The molecule has 88 valence electrons. The summed E-state index contributed by atoms with van der Waals surface area (Å²) in [6.07, 6.45) is 1.92. The van der Waals surface area contributed by atoms with Crippen LogP contribution in [-0.4, -0.2) is 24.2 Å². The first-order chi connectivity index (χ1) is 7.63. The zero-order chi connectivity index (χ0) is 12.0. The lowest BCUT2D eigenvalue weighted by Crippen LogP contribution is -2.30. The van der Waals surface area contributed by atoms with Crippen molar-refractivity contribution < 1.29 is 9.18 Å². The Bertz CT molecular complexity index is 373. The van der Waals surface area contributed by atoms with E-state index < -0.39 is 6.67 Å². The Hall–Kier alpha value is -1.17. The van der Waals surface area contributed by atoms with Crippen molar-refractivity contribution in [3.05, 3.63) is 22.3 Å². The summed E-state index contributed by atoms with van der Waals surface area (Å²) in [5.41, 5.74) is 0.856. The molecule has 0 saturated carbocycles. The molecule has 0 aliphatic rings. The van der Waals surface area contributed by atoms with E-state index in [2.05, 4.69) is 31.5 Å². The highest BCUT2D eigenvalue weighted by Gasteiger charge is 2.05. The number of hydrogen-bond donors (Lipinski definition) is 2. The van der Waals surface area contributed by atoms with E-state index in [1.807, 2.05) is 13.0 Å². The summed E-state index contributed by atoms with van der Waals surface area (Å²) in [7, 11) is 0. The third-order valence-corrected chi connectivity index (χ3v) is 2.31. The Labute approximate surface area is 102 Å². The van der Waals surface area contributed by atoms with Gasteiger partial charge in [0.25, 0.3) is 0 Å². The van der Waals surface area contributed by atoms with E-state index >= 15 is 0 Å². The SMILES string of the molecule is Cc1cc(Br)cnc1NC(=O)NCCCF. The lowest BCUT2D eigenvalue weighted by atomic mass is 10.3. The van der Waals surface area contributed by atoms with Crippen LogP contribution >= 0.6 is 15.9 Å². The van der Waals surface area contributed by atoms with Gasteiger partial charge in [-0.05, 0) is 40.9 Å². The van der Waals surface area contributed by atoms with Crippen molar-refractivity contribution in [2.75, 3.05) is 18.5 Å². The number of urea groups is 1. The van der Waals surface area contributed by atoms with Crippen LogP contribution in [0.15, 0.2) is 16.7 Å². The molecule has 0 radical (unpaired) electrons. The van der Waals surface area contributed by atoms with Gasteiger partial charge in [0.1, 0.15) is 5.82 Å². The number of pyridine rings is 1. The van der Waals surface area contributed by atoms with E-state index in [1.54, 1.807) is 6.20 Å². The van der Waals surface area contributed by atoms with Crippen LogP contribution in [0.4, 0.5) is 15.0 Å². The number of anilines is 1. The van der Waals surface area contributed by atoms with Crippen molar-refractivity contribution in [2.45, 2.75) is 13.3 Å². The van der Waals surface area contributed by atoms with Gasteiger partial charge in [-0.25, -0.2) is 9.78 Å². The number of halogens is 2. The lowest BCUT2D eigenvalue weighted by Gasteiger charge is -2.08. The summed E-state index contributed by atoms with van der Waals surface area (Å²) in [6.45, 7) is 1.72. The van der Waals surface area contributed by atoms with Crippen LogP contribution in [-0.2, 0) is 0 Å². The molecule has 0 aliphatic carbocycles. The fourth-order valence-corrected chi connectivity index (χ4v) is 1.54. The van der Waals surface area contributed by atoms with Crippen LogP contribution in [0.2, 0.25) is 0 Å².